The summed E-state index contributed by atoms with van der Waals surface area (Å²) in [6.07, 6.45) is 1.55. The molecule has 0 saturated carbocycles. The number of halogens is 2. The fourth-order valence-electron chi connectivity index (χ4n) is 2.22. The molecular formula is C18H14Br2N2O3. The van der Waals surface area contributed by atoms with E-state index in [1.54, 1.807) is 25.3 Å². The molecule has 7 heteroatoms. The monoisotopic (exact) mass is 464 g/mol. The van der Waals surface area contributed by atoms with Crippen LogP contribution in [0.1, 0.15) is 12.7 Å². The zero-order valence-corrected chi connectivity index (χ0v) is 16.4. The van der Waals surface area contributed by atoms with Gasteiger partial charge in [-0.15, -0.1) is 0 Å². The Morgan fingerprint density at radius 3 is 2.84 bits per heavy atom. The summed E-state index contributed by atoms with van der Waals surface area (Å²) >= 11 is 6.98. The average molecular weight is 466 g/mol. The molecule has 0 spiro atoms. The summed E-state index contributed by atoms with van der Waals surface area (Å²) in [7, 11) is 0. The third-order valence-electron chi connectivity index (χ3n) is 3.47. The second-order valence-corrected chi connectivity index (χ2v) is 6.95. The second kappa shape index (κ2) is 7.84. The Kier molecular flexibility index (Phi) is 5.55. The summed E-state index contributed by atoms with van der Waals surface area (Å²) in [5, 5.41) is 6.06. The van der Waals surface area contributed by atoms with E-state index >= 15 is 0 Å². The number of ether oxygens (including phenoxy) is 1. The number of hydrogen-bond acceptors (Lipinski definition) is 4. The molecule has 0 aliphatic heterocycles. The summed E-state index contributed by atoms with van der Waals surface area (Å²) < 4.78 is 12.6. The standard InChI is InChI=1S/C18H14Br2N2O3/c1-11(15-3-2-8-24-15)21-22-17(23)10-25-16-7-4-12-9-13(19)5-6-14(12)18(16)20/h2-9H,10H2,1H3,(H,22,23). The van der Waals surface area contributed by atoms with Crippen LogP contribution in [0.15, 0.2) is 67.2 Å². The van der Waals surface area contributed by atoms with Crippen LogP contribution >= 0.6 is 31.9 Å². The maximum absolute atomic E-state index is 11.9. The highest BCUT2D eigenvalue weighted by molar-refractivity contribution is 9.11. The molecule has 0 bridgehead atoms. The quantitative estimate of drug-likeness (QED) is 0.431. The molecule has 0 saturated heterocycles. The molecule has 0 radical (unpaired) electrons. The first kappa shape index (κ1) is 17.7. The van der Waals surface area contributed by atoms with E-state index in [0.717, 1.165) is 19.7 Å². The summed E-state index contributed by atoms with van der Waals surface area (Å²) in [5.74, 6) is 0.843. The van der Waals surface area contributed by atoms with Crippen molar-refractivity contribution in [3.8, 4) is 5.75 Å². The molecule has 3 aromatic rings. The molecule has 0 aliphatic carbocycles. The van der Waals surface area contributed by atoms with Crippen LogP contribution in [0, 0.1) is 0 Å². The number of hydrogen-bond donors (Lipinski definition) is 1. The van der Waals surface area contributed by atoms with Crippen molar-refractivity contribution in [3.63, 3.8) is 0 Å². The maximum Gasteiger partial charge on any atom is 0.277 e. The molecule has 1 aromatic heterocycles. The lowest BCUT2D eigenvalue weighted by Crippen LogP contribution is -2.25. The van der Waals surface area contributed by atoms with Crippen LogP contribution in [0.5, 0.6) is 5.75 Å². The average Bonchev–Trinajstić information content (AvgIpc) is 3.13. The number of nitrogens with one attached hydrogen (secondary N) is 1. The highest BCUT2D eigenvalue weighted by Crippen LogP contribution is 2.34. The minimum Gasteiger partial charge on any atom is -0.483 e. The van der Waals surface area contributed by atoms with Crippen LogP contribution < -0.4 is 10.2 Å². The highest BCUT2D eigenvalue weighted by atomic mass is 79.9. The van der Waals surface area contributed by atoms with Crippen molar-refractivity contribution in [1.82, 2.24) is 5.43 Å². The predicted molar refractivity (Wildman–Crippen MR) is 104 cm³/mol. The van der Waals surface area contributed by atoms with Crippen molar-refractivity contribution in [2.75, 3.05) is 6.61 Å². The molecule has 1 N–H and O–H groups in total. The number of fused-ring (bicyclic) bond motifs is 1. The fourth-order valence-corrected chi connectivity index (χ4v) is 3.20. The molecule has 5 nitrogen and oxygen atoms in total. The fraction of sp³-hybridized carbons (Fsp3) is 0.111. The first-order chi connectivity index (χ1) is 12.0. The maximum atomic E-state index is 11.9. The number of nitrogens with zero attached hydrogens (tertiary/aromatic N) is 1. The molecule has 3 rings (SSSR count). The van der Waals surface area contributed by atoms with E-state index in [1.165, 1.54) is 0 Å². The summed E-state index contributed by atoms with van der Waals surface area (Å²) in [4.78, 5) is 11.9. The molecule has 0 fully saturated rings. The molecule has 1 heterocycles. The van der Waals surface area contributed by atoms with Gasteiger partial charge >= 0.3 is 0 Å². The van der Waals surface area contributed by atoms with Gasteiger partial charge in [0.15, 0.2) is 6.61 Å². The van der Waals surface area contributed by atoms with Gasteiger partial charge in [0, 0.05) is 4.47 Å². The van der Waals surface area contributed by atoms with Gasteiger partial charge in [0.1, 0.15) is 17.2 Å². The molecular weight excluding hydrogens is 452 g/mol. The Hall–Kier alpha value is -2.12. The summed E-state index contributed by atoms with van der Waals surface area (Å²) in [6.45, 7) is 1.60. The van der Waals surface area contributed by atoms with Gasteiger partial charge in [-0.2, -0.15) is 5.10 Å². The van der Waals surface area contributed by atoms with Crippen molar-refractivity contribution in [2.24, 2.45) is 5.10 Å². The first-order valence-corrected chi connectivity index (χ1v) is 9.01. The van der Waals surface area contributed by atoms with Crippen LogP contribution in [0.25, 0.3) is 10.8 Å². The van der Waals surface area contributed by atoms with Gasteiger partial charge in [0.25, 0.3) is 5.91 Å². The van der Waals surface area contributed by atoms with E-state index in [2.05, 4.69) is 42.4 Å². The predicted octanol–water partition coefficient (Wildman–Crippen LogP) is 4.88. The summed E-state index contributed by atoms with van der Waals surface area (Å²) in [6, 6.07) is 13.2. The van der Waals surface area contributed by atoms with Gasteiger partial charge in [0.2, 0.25) is 0 Å². The number of carbonyl (C=O) groups excluding carboxylic acids is 1. The molecule has 0 aliphatic rings. The third kappa shape index (κ3) is 4.29. The Bertz CT molecular complexity index is 937. The molecule has 2 aromatic carbocycles. The third-order valence-corrected chi connectivity index (χ3v) is 4.78. The number of hydrazone groups is 1. The normalized spacial score (nSPS) is 11.6. The Balaban J connectivity index is 1.64. The molecule has 0 unspecified atom stereocenters. The van der Waals surface area contributed by atoms with Crippen LogP contribution in [0.4, 0.5) is 0 Å². The van der Waals surface area contributed by atoms with E-state index < -0.39 is 0 Å². The first-order valence-electron chi connectivity index (χ1n) is 7.42. The number of furan rings is 1. The van der Waals surface area contributed by atoms with Gasteiger partial charge in [-0.3, -0.25) is 4.79 Å². The van der Waals surface area contributed by atoms with Crippen molar-refractivity contribution in [1.29, 1.82) is 0 Å². The number of carbonyl (C=O) groups is 1. The van der Waals surface area contributed by atoms with Crippen molar-refractivity contribution in [3.05, 3.63) is 63.4 Å². The minimum atomic E-state index is -0.353. The van der Waals surface area contributed by atoms with Gasteiger partial charge < -0.3 is 9.15 Å². The van der Waals surface area contributed by atoms with Gasteiger partial charge in [-0.1, -0.05) is 28.1 Å². The number of amides is 1. The van der Waals surface area contributed by atoms with E-state index in [4.69, 9.17) is 9.15 Å². The van der Waals surface area contributed by atoms with Crippen molar-refractivity contribution in [2.45, 2.75) is 6.92 Å². The van der Waals surface area contributed by atoms with Crippen molar-refractivity contribution < 1.29 is 13.9 Å². The smallest absolute Gasteiger partial charge is 0.277 e. The van der Waals surface area contributed by atoms with Crippen LogP contribution in [0.2, 0.25) is 0 Å². The Morgan fingerprint density at radius 1 is 1.24 bits per heavy atom. The van der Waals surface area contributed by atoms with Gasteiger partial charge in [0.05, 0.1) is 10.7 Å². The topological polar surface area (TPSA) is 63.8 Å². The Labute approximate surface area is 161 Å². The largest absolute Gasteiger partial charge is 0.483 e. The van der Waals surface area contributed by atoms with Crippen LogP contribution in [-0.4, -0.2) is 18.2 Å². The zero-order chi connectivity index (χ0) is 17.8. The second-order valence-electron chi connectivity index (χ2n) is 5.24. The van der Waals surface area contributed by atoms with Crippen LogP contribution in [-0.2, 0) is 4.79 Å². The highest BCUT2D eigenvalue weighted by Gasteiger charge is 2.09. The number of benzene rings is 2. The van der Waals surface area contributed by atoms with Crippen molar-refractivity contribution >= 4 is 54.3 Å². The minimum absolute atomic E-state index is 0.143. The molecule has 0 atom stereocenters. The lowest BCUT2D eigenvalue weighted by molar-refractivity contribution is -0.123. The lowest BCUT2D eigenvalue weighted by atomic mass is 10.1. The number of rotatable bonds is 5. The SMILES string of the molecule is CC(=NNC(=O)COc1ccc2cc(Br)ccc2c1Br)c1ccco1. The van der Waals surface area contributed by atoms with Gasteiger partial charge in [-0.05, 0) is 64.0 Å². The summed E-state index contributed by atoms with van der Waals surface area (Å²) in [5.41, 5.74) is 3.03. The molecule has 128 valence electrons. The zero-order valence-electron chi connectivity index (χ0n) is 13.3. The molecule has 1 amide bonds. The Morgan fingerprint density at radius 2 is 2.08 bits per heavy atom. The van der Waals surface area contributed by atoms with E-state index in [-0.39, 0.29) is 12.5 Å². The molecule has 25 heavy (non-hydrogen) atoms. The van der Waals surface area contributed by atoms with Crippen LogP contribution in [0.3, 0.4) is 0 Å². The van der Waals surface area contributed by atoms with E-state index in [9.17, 15) is 4.79 Å². The van der Waals surface area contributed by atoms with E-state index in [1.807, 2.05) is 30.3 Å². The van der Waals surface area contributed by atoms with Gasteiger partial charge in [-0.25, -0.2) is 5.43 Å². The van der Waals surface area contributed by atoms with E-state index in [0.29, 0.717) is 17.2 Å². The lowest BCUT2D eigenvalue weighted by Gasteiger charge is -2.10.